The van der Waals surface area contributed by atoms with E-state index in [1.54, 1.807) is 7.11 Å². The monoisotopic (exact) mass is 230 g/mol. The average molecular weight is 230 g/mol. The molecule has 0 heterocycles. The normalized spacial score (nSPS) is 11.2. The number of methoxy groups -OCH3 is 1. The molecule has 0 aliphatic heterocycles. The molecule has 1 atom stereocenters. The van der Waals surface area contributed by atoms with E-state index in [1.165, 1.54) is 0 Å². The highest BCUT2D eigenvalue weighted by Gasteiger charge is 2.03. The summed E-state index contributed by atoms with van der Waals surface area (Å²) in [5.41, 5.74) is 1.11. The summed E-state index contributed by atoms with van der Waals surface area (Å²) in [5, 5.41) is 0. The minimum absolute atomic E-state index is 0.0698. The van der Waals surface area contributed by atoms with Gasteiger partial charge in [-0.1, -0.05) is 24.1 Å². The van der Waals surface area contributed by atoms with Crippen LogP contribution in [-0.4, -0.2) is 13.2 Å². The van der Waals surface area contributed by atoms with E-state index in [0.717, 1.165) is 17.7 Å². The molecule has 0 aromatic heterocycles. The number of rotatable bonds is 6. The highest BCUT2D eigenvalue weighted by atomic mass is 16.5. The molecule has 0 amide bonds. The summed E-state index contributed by atoms with van der Waals surface area (Å²) in [5.74, 6) is 6.72. The molecule has 0 aliphatic rings. The molecule has 0 radical (unpaired) electrons. The molecule has 1 aromatic rings. The Labute approximate surface area is 103 Å². The molecule has 0 fully saturated rings. The summed E-state index contributed by atoms with van der Waals surface area (Å²) >= 11 is 0. The van der Waals surface area contributed by atoms with E-state index >= 15 is 0 Å². The lowest BCUT2D eigenvalue weighted by Gasteiger charge is -2.10. The molecule has 2 nitrogen and oxygen atoms in total. The highest BCUT2D eigenvalue weighted by Crippen LogP contribution is 2.13. The summed E-state index contributed by atoms with van der Waals surface area (Å²) in [6.45, 7) is 6.06. The van der Waals surface area contributed by atoms with Gasteiger partial charge in [0.15, 0.2) is 0 Å². The molecule has 0 aliphatic carbocycles. The molecule has 90 valence electrons. The summed E-state index contributed by atoms with van der Waals surface area (Å²) in [4.78, 5) is 0. The molecule has 0 saturated heterocycles. The molecule has 2 heteroatoms. The SMILES string of the molecule is C=CCC(C#CC)OCc1ccc(OC)cc1. The topological polar surface area (TPSA) is 18.5 Å². The number of hydrogen-bond donors (Lipinski definition) is 0. The van der Waals surface area contributed by atoms with Crippen LogP contribution in [0.3, 0.4) is 0 Å². The third-order valence-corrected chi connectivity index (χ3v) is 2.30. The fourth-order valence-corrected chi connectivity index (χ4v) is 1.40. The average Bonchev–Trinajstić information content (AvgIpc) is 2.37. The van der Waals surface area contributed by atoms with Crippen LogP contribution in [0, 0.1) is 11.8 Å². The lowest BCUT2D eigenvalue weighted by atomic mass is 10.2. The molecule has 0 bridgehead atoms. The Morgan fingerprint density at radius 2 is 2.06 bits per heavy atom. The van der Waals surface area contributed by atoms with E-state index < -0.39 is 0 Å². The largest absolute Gasteiger partial charge is 0.497 e. The van der Waals surface area contributed by atoms with Gasteiger partial charge >= 0.3 is 0 Å². The third-order valence-electron chi connectivity index (χ3n) is 2.30. The first-order valence-electron chi connectivity index (χ1n) is 5.58. The van der Waals surface area contributed by atoms with Crippen LogP contribution in [0.25, 0.3) is 0 Å². The predicted octanol–water partition coefficient (Wildman–Crippen LogP) is 3.18. The Kier molecular flexibility index (Phi) is 5.92. The van der Waals surface area contributed by atoms with Gasteiger partial charge in [0.2, 0.25) is 0 Å². The molecular weight excluding hydrogens is 212 g/mol. The van der Waals surface area contributed by atoms with Crippen LogP contribution < -0.4 is 4.74 Å². The predicted molar refractivity (Wildman–Crippen MR) is 69.8 cm³/mol. The smallest absolute Gasteiger partial charge is 0.122 e. The molecular formula is C15H18O2. The maximum absolute atomic E-state index is 5.70. The lowest BCUT2D eigenvalue weighted by molar-refractivity contribution is 0.0801. The maximum Gasteiger partial charge on any atom is 0.122 e. The van der Waals surface area contributed by atoms with Gasteiger partial charge in [-0.25, -0.2) is 0 Å². The zero-order chi connectivity index (χ0) is 12.5. The van der Waals surface area contributed by atoms with Gasteiger partial charge in [-0.15, -0.1) is 12.5 Å². The first-order chi connectivity index (χ1) is 8.30. The van der Waals surface area contributed by atoms with Crippen LogP contribution in [-0.2, 0) is 11.3 Å². The summed E-state index contributed by atoms with van der Waals surface area (Å²) in [6.07, 6.45) is 2.50. The molecule has 1 rings (SSSR count). The van der Waals surface area contributed by atoms with Crippen LogP contribution in [0.5, 0.6) is 5.75 Å². The van der Waals surface area contributed by atoms with Gasteiger partial charge in [0, 0.05) is 6.42 Å². The van der Waals surface area contributed by atoms with Gasteiger partial charge in [0.05, 0.1) is 13.7 Å². The Bertz CT molecular complexity index is 395. The number of hydrogen-bond acceptors (Lipinski definition) is 2. The summed E-state index contributed by atoms with van der Waals surface area (Å²) in [7, 11) is 1.66. The van der Waals surface area contributed by atoms with Gasteiger partial charge in [-0.2, -0.15) is 0 Å². The first kappa shape index (κ1) is 13.3. The van der Waals surface area contributed by atoms with Crippen molar-refractivity contribution in [3.05, 3.63) is 42.5 Å². The molecule has 0 N–H and O–H groups in total. The van der Waals surface area contributed by atoms with E-state index in [1.807, 2.05) is 37.3 Å². The van der Waals surface area contributed by atoms with Crippen molar-refractivity contribution < 1.29 is 9.47 Å². The van der Waals surface area contributed by atoms with Crippen molar-refractivity contribution >= 4 is 0 Å². The van der Waals surface area contributed by atoms with Crippen molar-refractivity contribution in [2.45, 2.75) is 26.1 Å². The first-order valence-corrected chi connectivity index (χ1v) is 5.58. The number of benzene rings is 1. The summed E-state index contributed by atoms with van der Waals surface area (Å²) in [6, 6.07) is 7.83. The zero-order valence-electron chi connectivity index (χ0n) is 10.4. The maximum atomic E-state index is 5.70. The minimum Gasteiger partial charge on any atom is -0.497 e. The van der Waals surface area contributed by atoms with Crippen LogP contribution in [0.15, 0.2) is 36.9 Å². The quantitative estimate of drug-likeness (QED) is 0.552. The van der Waals surface area contributed by atoms with E-state index in [4.69, 9.17) is 9.47 Å². The molecule has 0 spiro atoms. The standard InChI is InChI=1S/C15H18O2/c1-4-6-15(7-5-2)17-12-13-8-10-14(16-3)11-9-13/h4,8-11,15H,1,6,12H2,2-3H3. The fraction of sp³-hybridized carbons (Fsp3) is 0.333. The van der Waals surface area contributed by atoms with Crippen LogP contribution >= 0.6 is 0 Å². The Hall–Kier alpha value is -1.72. The Morgan fingerprint density at radius 1 is 1.35 bits per heavy atom. The van der Waals surface area contributed by atoms with Gasteiger partial charge < -0.3 is 9.47 Å². The number of ether oxygens (including phenoxy) is 2. The fourth-order valence-electron chi connectivity index (χ4n) is 1.40. The minimum atomic E-state index is -0.0698. The van der Waals surface area contributed by atoms with Crippen molar-refractivity contribution in [3.63, 3.8) is 0 Å². The highest BCUT2D eigenvalue weighted by molar-refractivity contribution is 5.26. The van der Waals surface area contributed by atoms with E-state index in [9.17, 15) is 0 Å². The van der Waals surface area contributed by atoms with Crippen molar-refractivity contribution in [3.8, 4) is 17.6 Å². The second-order valence-corrected chi connectivity index (χ2v) is 3.57. The van der Waals surface area contributed by atoms with Crippen LogP contribution in [0.1, 0.15) is 18.9 Å². The van der Waals surface area contributed by atoms with Crippen molar-refractivity contribution in [2.24, 2.45) is 0 Å². The molecule has 17 heavy (non-hydrogen) atoms. The van der Waals surface area contributed by atoms with Crippen molar-refractivity contribution in [2.75, 3.05) is 7.11 Å². The molecule has 1 unspecified atom stereocenters. The Balaban J connectivity index is 2.51. The second-order valence-electron chi connectivity index (χ2n) is 3.57. The Morgan fingerprint density at radius 3 is 2.59 bits per heavy atom. The van der Waals surface area contributed by atoms with Crippen LogP contribution in [0.2, 0.25) is 0 Å². The second kappa shape index (κ2) is 7.54. The summed E-state index contributed by atoms with van der Waals surface area (Å²) < 4.78 is 10.8. The van der Waals surface area contributed by atoms with E-state index in [-0.39, 0.29) is 6.10 Å². The molecule has 1 aromatic carbocycles. The van der Waals surface area contributed by atoms with E-state index in [0.29, 0.717) is 6.61 Å². The molecule has 0 saturated carbocycles. The van der Waals surface area contributed by atoms with Gasteiger partial charge in [0.25, 0.3) is 0 Å². The van der Waals surface area contributed by atoms with Crippen molar-refractivity contribution in [1.82, 2.24) is 0 Å². The zero-order valence-corrected chi connectivity index (χ0v) is 10.4. The van der Waals surface area contributed by atoms with Gasteiger partial charge in [-0.05, 0) is 24.6 Å². The van der Waals surface area contributed by atoms with Gasteiger partial charge in [-0.3, -0.25) is 0 Å². The van der Waals surface area contributed by atoms with Crippen LogP contribution in [0.4, 0.5) is 0 Å². The lowest BCUT2D eigenvalue weighted by Crippen LogP contribution is -2.09. The van der Waals surface area contributed by atoms with Crippen molar-refractivity contribution in [1.29, 1.82) is 0 Å². The third kappa shape index (κ3) is 4.76. The van der Waals surface area contributed by atoms with Gasteiger partial charge in [0.1, 0.15) is 11.9 Å². The van der Waals surface area contributed by atoms with E-state index in [2.05, 4.69) is 18.4 Å².